The molecule has 0 saturated carbocycles. The average Bonchev–Trinajstić information content (AvgIpc) is 2.27. The normalized spacial score (nSPS) is 11.5. The highest BCUT2D eigenvalue weighted by molar-refractivity contribution is 6.39. The lowest BCUT2D eigenvalue weighted by Gasteiger charge is -2.09. The van der Waals surface area contributed by atoms with Crippen molar-refractivity contribution in [3.8, 4) is 0 Å². The second kappa shape index (κ2) is 6.45. The number of rotatable bonds is 5. The first kappa shape index (κ1) is 12.9. The molecule has 0 aliphatic carbocycles. The van der Waals surface area contributed by atoms with E-state index in [4.69, 9.17) is 34.1 Å². The first-order valence-electron chi connectivity index (χ1n) is 4.79. The zero-order valence-corrected chi connectivity index (χ0v) is 10.1. The van der Waals surface area contributed by atoms with Crippen molar-refractivity contribution in [3.05, 3.63) is 28.2 Å². The summed E-state index contributed by atoms with van der Waals surface area (Å²) in [6.45, 7) is 0.652. The number of anilines is 1. The summed E-state index contributed by atoms with van der Waals surface area (Å²) in [6.07, 6.45) is 1.25. The molecule has 0 unspecified atom stereocenters. The lowest BCUT2D eigenvalue weighted by Crippen LogP contribution is -2.13. The Bertz CT molecular complexity index is 362. The summed E-state index contributed by atoms with van der Waals surface area (Å²) in [5.41, 5.74) is 6.05. The molecule has 0 heterocycles. The molecule has 0 fully saturated rings. The first-order chi connectivity index (χ1) is 7.65. The lowest BCUT2D eigenvalue weighted by atomic mass is 10.2. The molecule has 88 valence electrons. The first-order valence-corrected chi connectivity index (χ1v) is 5.55. The number of para-hydroxylation sites is 1. The predicted octanol–water partition coefficient (Wildman–Crippen LogP) is 2.93. The molecule has 0 radical (unpaired) electrons. The van der Waals surface area contributed by atoms with Crippen LogP contribution in [0.1, 0.15) is 12.8 Å². The smallest absolute Gasteiger partial charge is 0.139 e. The van der Waals surface area contributed by atoms with Gasteiger partial charge in [0.25, 0.3) is 0 Å². The van der Waals surface area contributed by atoms with Crippen molar-refractivity contribution in [2.24, 2.45) is 10.9 Å². The summed E-state index contributed by atoms with van der Waals surface area (Å²) in [5, 5.41) is 15.5. The van der Waals surface area contributed by atoms with Crippen LogP contribution in [-0.2, 0) is 0 Å². The molecule has 0 spiro atoms. The van der Waals surface area contributed by atoms with Crippen LogP contribution in [-0.4, -0.2) is 17.6 Å². The number of nitrogens with one attached hydrogen (secondary N) is 1. The third-order valence-electron chi connectivity index (χ3n) is 2.00. The highest BCUT2D eigenvalue weighted by Crippen LogP contribution is 2.29. The van der Waals surface area contributed by atoms with Crippen LogP contribution < -0.4 is 11.1 Å². The van der Waals surface area contributed by atoms with Crippen LogP contribution in [0.3, 0.4) is 0 Å². The lowest BCUT2D eigenvalue weighted by molar-refractivity contribution is 0.316. The van der Waals surface area contributed by atoms with E-state index >= 15 is 0 Å². The van der Waals surface area contributed by atoms with E-state index in [9.17, 15) is 0 Å². The second-order valence-corrected chi connectivity index (χ2v) is 4.03. The van der Waals surface area contributed by atoms with Crippen molar-refractivity contribution in [3.63, 3.8) is 0 Å². The molecule has 4 N–H and O–H groups in total. The Kier molecular flexibility index (Phi) is 5.22. The molecule has 0 bridgehead atoms. The molecule has 1 rings (SSSR count). The van der Waals surface area contributed by atoms with Crippen LogP contribution in [0, 0.1) is 0 Å². The van der Waals surface area contributed by atoms with Gasteiger partial charge in [0.15, 0.2) is 0 Å². The van der Waals surface area contributed by atoms with Crippen molar-refractivity contribution >= 4 is 34.7 Å². The molecule has 1 aromatic carbocycles. The van der Waals surface area contributed by atoms with Gasteiger partial charge >= 0.3 is 0 Å². The van der Waals surface area contributed by atoms with Crippen molar-refractivity contribution in [2.75, 3.05) is 11.9 Å². The molecular weight excluding hydrogens is 249 g/mol. The molecule has 6 heteroatoms. The van der Waals surface area contributed by atoms with Gasteiger partial charge in [-0.3, -0.25) is 0 Å². The van der Waals surface area contributed by atoms with Gasteiger partial charge in [-0.25, -0.2) is 0 Å². The number of nitrogens with two attached hydrogens (primary N) is 1. The summed E-state index contributed by atoms with van der Waals surface area (Å²) in [4.78, 5) is 0. The largest absolute Gasteiger partial charge is 0.409 e. The monoisotopic (exact) mass is 261 g/mol. The predicted molar refractivity (Wildman–Crippen MR) is 67.6 cm³/mol. The van der Waals surface area contributed by atoms with Crippen molar-refractivity contribution in [1.82, 2.24) is 0 Å². The van der Waals surface area contributed by atoms with Gasteiger partial charge in [-0.15, -0.1) is 0 Å². The summed E-state index contributed by atoms with van der Waals surface area (Å²) < 4.78 is 0. The van der Waals surface area contributed by atoms with Crippen LogP contribution in [0.25, 0.3) is 0 Å². The Morgan fingerprint density at radius 1 is 1.38 bits per heavy atom. The number of hydrogen-bond acceptors (Lipinski definition) is 3. The summed E-state index contributed by atoms with van der Waals surface area (Å²) in [7, 11) is 0. The van der Waals surface area contributed by atoms with E-state index in [1.54, 1.807) is 18.2 Å². The molecule has 0 atom stereocenters. The van der Waals surface area contributed by atoms with E-state index in [0.717, 1.165) is 6.42 Å². The Labute approximate surface area is 104 Å². The molecular formula is C10H13Cl2N3O. The number of benzene rings is 1. The van der Waals surface area contributed by atoms with Crippen LogP contribution in [0.5, 0.6) is 0 Å². The van der Waals surface area contributed by atoms with Gasteiger partial charge in [0, 0.05) is 13.0 Å². The maximum absolute atomic E-state index is 8.34. The number of oxime groups is 1. The maximum Gasteiger partial charge on any atom is 0.139 e. The minimum absolute atomic E-state index is 0.215. The van der Waals surface area contributed by atoms with E-state index in [1.807, 2.05) is 0 Å². The fraction of sp³-hybridized carbons (Fsp3) is 0.300. The molecule has 4 nitrogen and oxygen atoms in total. The number of hydrogen-bond donors (Lipinski definition) is 3. The van der Waals surface area contributed by atoms with E-state index < -0.39 is 0 Å². The van der Waals surface area contributed by atoms with E-state index in [-0.39, 0.29) is 5.84 Å². The number of halogens is 2. The fourth-order valence-electron chi connectivity index (χ4n) is 1.20. The van der Waals surface area contributed by atoms with Crippen LogP contribution >= 0.6 is 23.2 Å². The number of nitrogens with zero attached hydrogens (tertiary/aromatic N) is 1. The second-order valence-electron chi connectivity index (χ2n) is 3.22. The highest BCUT2D eigenvalue weighted by atomic mass is 35.5. The van der Waals surface area contributed by atoms with Crippen molar-refractivity contribution < 1.29 is 5.21 Å². The Hall–Kier alpha value is -1.13. The van der Waals surface area contributed by atoms with Gasteiger partial charge in [0.05, 0.1) is 15.7 Å². The van der Waals surface area contributed by atoms with Gasteiger partial charge < -0.3 is 16.3 Å². The van der Waals surface area contributed by atoms with Crippen molar-refractivity contribution in [2.45, 2.75) is 12.8 Å². The third kappa shape index (κ3) is 3.79. The Morgan fingerprint density at radius 3 is 2.56 bits per heavy atom. The Morgan fingerprint density at radius 2 is 2.00 bits per heavy atom. The summed E-state index contributed by atoms with van der Waals surface area (Å²) >= 11 is 11.9. The zero-order valence-electron chi connectivity index (χ0n) is 8.58. The highest BCUT2D eigenvalue weighted by Gasteiger charge is 2.03. The van der Waals surface area contributed by atoms with Gasteiger partial charge in [-0.05, 0) is 18.6 Å². The number of amidine groups is 1. The van der Waals surface area contributed by atoms with Crippen LogP contribution in [0.4, 0.5) is 5.69 Å². The van der Waals surface area contributed by atoms with Gasteiger partial charge in [-0.1, -0.05) is 34.4 Å². The van der Waals surface area contributed by atoms with E-state index in [1.165, 1.54) is 0 Å². The minimum Gasteiger partial charge on any atom is -0.409 e. The third-order valence-corrected chi connectivity index (χ3v) is 2.63. The standard InChI is InChI=1S/C10H13Cl2N3O/c11-7-3-1-4-8(12)10(7)14-6-2-5-9(13)15-16/h1,3-4,14,16H,2,5-6H2,(H2,13,15). The fourth-order valence-corrected chi connectivity index (χ4v) is 1.73. The maximum atomic E-state index is 8.34. The molecule has 0 amide bonds. The average molecular weight is 262 g/mol. The quantitative estimate of drug-likeness (QED) is 0.251. The summed E-state index contributed by atoms with van der Waals surface area (Å²) in [6, 6.07) is 5.31. The van der Waals surface area contributed by atoms with Gasteiger partial charge in [0.2, 0.25) is 0 Å². The SMILES string of the molecule is NC(CCCNc1c(Cl)cccc1Cl)=NO. The van der Waals surface area contributed by atoms with Crippen LogP contribution in [0.2, 0.25) is 10.0 Å². The minimum atomic E-state index is 0.215. The van der Waals surface area contributed by atoms with E-state index in [2.05, 4.69) is 10.5 Å². The van der Waals surface area contributed by atoms with Gasteiger partial charge in [0.1, 0.15) is 5.84 Å². The molecule has 0 aromatic heterocycles. The topological polar surface area (TPSA) is 70.6 Å². The van der Waals surface area contributed by atoms with Crippen LogP contribution in [0.15, 0.2) is 23.4 Å². The van der Waals surface area contributed by atoms with Crippen molar-refractivity contribution in [1.29, 1.82) is 0 Å². The molecule has 0 aliphatic heterocycles. The molecule has 0 saturated heterocycles. The van der Waals surface area contributed by atoms with Gasteiger partial charge in [-0.2, -0.15) is 0 Å². The zero-order chi connectivity index (χ0) is 12.0. The Balaban J connectivity index is 2.43. The molecule has 0 aliphatic rings. The molecule has 1 aromatic rings. The van der Waals surface area contributed by atoms with E-state index in [0.29, 0.717) is 28.7 Å². The summed E-state index contributed by atoms with van der Waals surface area (Å²) in [5.74, 6) is 0.215. The molecule has 16 heavy (non-hydrogen) atoms.